The molecule has 4 heterocycles. The third-order valence-electron chi connectivity index (χ3n) is 6.76. The second-order valence-corrected chi connectivity index (χ2v) is 7.60. The zero-order chi connectivity index (χ0) is 16.6. The van der Waals surface area contributed by atoms with Crippen LogP contribution in [0.4, 0.5) is 0 Å². The number of fused-ring (bicyclic) bond motifs is 3. The van der Waals surface area contributed by atoms with Crippen molar-refractivity contribution in [3.05, 3.63) is 35.5 Å². The number of nitrogens with one attached hydrogen (secondary N) is 1. The highest BCUT2D eigenvalue weighted by Crippen LogP contribution is 2.52. The molecule has 2 unspecified atom stereocenters. The molecule has 1 aliphatic carbocycles. The van der Waals surface area contributed by atoms with Crippen LogP contribution in [0.3, 0.4) is 0 Å². The maximum atomic E-state index is 13.3. The number of benzene rings is 1. The van der Waals surface area contributed by atoms with Crippen molar-refractivity contribution in [1.29, 1.82) is 0 Å². The molecule has 1 aromatic carbocycles. The van der Waals surface area contributed by atoms with Crippen LogP contribution in [0.1, 0.15) is 35.3 Å². The van der Waals surface area contributed by atoms with Crippen molar-refractivity contribution in [3.63, 3.8) is 0 Å². The lowest BCUT2D eigenvalue weighted by Gasteiger charge is -2.68. The van der Waals surface area contributed by atoms with Gasteiger partial charge in [0.2, 0.25) is 0 Å². The van der Waals surface area contributed by atoms with Crippen molar-refractivity contribution in [2.45, 2.75) is 37.5 Å². The molecule has 6 rings (SSSR count). The number of para-hydroxylation sites is 1. The van der Waals surface area contributed by atoms with Crippen LogP contribution >= 0.6 is 0 Å². The minimum Gasteiger partial charge on any atom is -0.488 e. The summed E-state index contributed by atoms with van der Waals surface area (Å²) in [4.78, 5) is 18.0. The highest BCUT2D eigenvalue weighted by atomic mass is 16.5. The molecule has 1 spiro atoms. The molecule has 6 nitrogen and oxygen atoms in total. The van der Waals surface area contributed by atoms with Gasteiger partial charge in [-0.25, -0.2) is 0 Å². The van der Waals surface area contributed by atoms with Crippen LogP contribution in [0, 0.1) is 0 Å². The number of hydrogen-bond acceptors (Lipinski definition) is 4. The number of nitrogens with zero attached hydrogens (tertiary/aromatic N) is 3. The normalized spacial score (nSPS) is 29.3. The summed E-state index contributed by atoms with van der Waals surface area (Å²) in [5, 5.41) is 7.48. The van der Waals surface area contributed by atoms with Crippen LogP contribution in [-0.2, 0) is 6.61 Å². The molecule has 1 amide bonds. The van der Waals surface area contributed by atoms with Gasteiger partial charge in [0.05, 0.1) is 6.04 Å². The van der Waals surface area contributed by atoms with Gasteiger partial charge in [0, 0.05) is 36.3 Å². The lowest BCUT2D eigenvalue weighted by atomic mass is 9.61. The van der Waals surface area contributed by atoms with Gasteiger partial charge < -0.3 is 9.64 Å². The third kappa shape index (κ3) is 1.63. The molecule has 0 radical (unpaired) electrons. The van der Waals surface area contributed by atoms with Gasteiger partial charge in [0.15, 0.2) is 0 Å². The molecule has 0 bridgehead atoms. The molecule has 2 saturated heterocycles. The molecule has 2 atom stereocenters. The summed E-state index contributed by atoms with van der Waals surface area (Å²) in [6.45, 7) is 3.41. The SMILES string of the molecule is O=C(c1[nH]nc2c1COc1ccccc1-2)N1CCN2CCC23CCC13. The lowest BCUT2D eigenvalue weighted by molar-refractivity contribution is -0.161. The van der Waals surface area contributed by atoms with Crippen LogP contribution in [0.2, 0.25) is 0 Å². The van der Waals surface area contributed by atoms with E-state index < -0.39 is 0 Å². The largest absolute Gasteiger partial charge is 0.488 e. The standard InChI is InChI=1S/C19H20N4O2/c24-18(23-10-9-22-8-7-19(22)6-5-15(19)23)17-13-11-25-14-4-2-1-3-12(14)16(13)20-21-17/h1-4,15H,5-11H2,(H,20,21). The number of hydrogen-bond donors (Lipinski definition) is 1. The number of aromatic nitrogens is 2. The first kappa shape index (κ1) is 13.9. The highest BCUT2D eigenvalue weighted by molar-refractivity contribution is 5.96. The van der Waals surface area contributed by atoms with Crippen molar-refractivity contribution in [1.82, 2.24) is 20.0 Å². The second kappa shape index (κ2) is 4.64. The average molecular weight is 336 g/mol. The molecule has 128 valence electrons. The second-order valence-electron chi connectivity index (χ2n) is 7.60. The van der Waals surface area contributed by atoms with E-state index in [2.05, 4.69) is 20.0 Å². The van der Waals surface area contributed by atoms with Gasteiger partial charge in [-0.3, -0.25) is 14.8 Å². The van der Waals surface area contributed by atoms with Gasteiger partial charge in [-0.15, -0.1) is 0 Å². The Morgan fingerprint density at radius 2 is 2.16 bits per heavy atom. The van der Waals surface area contributed by atoms with Gasteiger partial charge in [0.25, 0.3) is 5.91 Å². The lowest BCUT2D eigenvalue weighted by Crippen LogP contribution is -2.79. The van der Waals surface area contributed by atoms with Crippen molar-refractivity contribution in [2.24, 2.45) is 0 Å². The molecule has 1 aromatic heterocycles. The molecule has 3 aliphatic heterocycles. The Labute approximate surface area is 145 Å². The Bertz CT molecular complexity index is 887. The fourth-order valence-corrected chi connectivity index (χ4v) is 5.22. The number of carbonyl (C=O) groups is 1. The van der Waals surface area contributed by atoms with Crippen LogP contribution in [0.5, 0.6) is 5.75 Å². The topological polar surface area (TPSA) is 61.5 Å². The van der Waals surface area contributed by atoms with Gasteiger partial charge in [-0.05, 0) is 31.4 Å². The van der Waals surface area contributed by atoms with E-state index in [4.69, 9.17) is 4.74 Å². The maximum Gasteiger partial charge on any atom is 0.272 e. The highest BCUT2D eigenvalue weighted by Gasteiger charge is 2.61. The summed E-state index contributed by atoms with van der Waals surface area (Å²) < 4.78 is 5.86. The summed E-state index contributed by atoms with van der Waals surface area (Å²) in [6, 6.07) is 8.25. The predicted molar refractivity (Wildman–Crippen MR) is 91.3 cm³/mol. The Hall–Kier alpha value is -2.34. The average Bonchev–Trinajstić information content (AvgIpc) is 3.02. The van der Waals surface area contributed by atoms with Crippen LogP contribution in [0.25, 0.3) is 11.3 Å². The fraction of sp³-hybridized carbons (Fsp3) is 0.474. The summed E-state index contributed by atoms with van der Waals surface area (Å²) in [6.07, 6.45) is 3.59. The first-order chi connectivity index (χ1) is 12.3. The number of ether oxygens (including phenoxy) is 1. The minimum atomic E-state index is 0.0901. The molecule has 1 N–H and O–H groups in total. The van der Waals surface area contributed by atoms with Crippen LogP contribution < -0.4 is 4.74 Å². The Morgan fingerprint density at radius 1 is 1.24 bits per heavy atom. The van der Waals surface area contributed by atoms with Crippen molar-refractivity contribution < 1.29 is 9.53 Å². The molecular formula is C19H20N4O2. The van der Waals surface area contributed by atoms with E-state index in [0.717, 1.165) is 42.1 Å². The van der Waals surface area contributed by atoms with Crippen LogP contribution in [-0.4, -0.2) is 57.1 Å². The quantitative estimate of drug-likeness (QED) is 0.866. The van der Waals surface area contributed by atoms with Gasteiger partial charge in [0.1, 0.15) is 23.7 Å². The van der Waals surface area contributed by atoms with Crippen molar-refractivity contribution >= 4 is 5.91 Å². The molecule has 6 heteroatoms. The third-order valence-corrected chi connectivity index (χ3v) is 6.76. The first-order valence-electron chi connectivity index (χ1n) is 9.13. The van der Waals surface area contributed by atoms with E-state index in [1.165, 1.54) is 19.4 Å². The first-order valence-corrected chi connectivity index (χ1v) is 9.13. The van der Waals surface area contributed by atoms with Gasteiger partial charge in [-0.2, -0.15) is 5.10 Å². The summed E-state index contributed by atoms with van der Waals surface area (Å²) >= 11 is 0. The smallest absolute Gasteiger partial charge is 0.272 e. The maximum absolute atomic E-state index is 13.3. The number of aromatic amines is 1. The summed E-state index contributed by atoms with van der Waals surface area (Å²) in [5.41, 5.74) is 3.61. The molecule has 3 fully saturated rings. The van der Waals surface area contributed by atoms with Gasteiger partial charge >= 0.3 is 0 Å². The molecule has 25 heavy (non-hydrogen) atoms. The van der Waals surface area contributed by atoms with E-state index >= 15 is 0 Å². The zero-order valence-electron chi connectivity index (χ0n) is 14.0. The molecular weight excluding hydrogens is 316 g/mol. The van der Waals surface area contributed by atoms with Gasteiger partial charge in [-0.1, -0.05) is 12.1 Å². The van der Waals surface area contributed by atoms with Crippen molar-refractivity contribution in [3.8, 4) is 17.0 Å². The van der Waals surface area contributed by atoms with Crippen molar-refractivity contribution in [2.75, 3.05) is 19.6 Å². The van der Waals surface area contributed by atoms with Crippen LogP contribution in [0.15, 0.2) is 24.3 Å². The Morgan fingerprint density at radius 3 is 2.96 bits per heavy atom. The number of amides is 1. The van der Waals surface area contributed by atoms with E-state index in [1.54, 1.807) is 0 Å². The number of H-pyrrole nitrogens is 1. The van der Waals surface area contributed by atoms with E-state index in [-0.39, 0.29) is 11.4 Å². The fourth-order valence-electron chi connectivity index (χ4n) is 5.22. The number of piperazine rings is 1. The summed E-state index contributed by atoms with van der Waals surface area (Å²) in [7, 11) is 0. The minimum absolute atomic E-state index is 0.0901. The van der Waals surface area contributed by atoms with E-state index in [1.807, 2.05) is 24.3 Å². The Balaban J connectivity index is 1.36. The molecule has 4 aliphatic rings. The predicted octanol–water partition coefficient (Wildman–Crippen LogP) is 2.03. The summed E-state index contributed by atoms with van der Waals surface area (Å²) in [5.74, 6) is 0.925. The monoisotopic (exact) mass is 336 g/mol. The van der Waals surface area contributed by atoms with E-state index in [9.17, 15) is 4.79 Å². The number of carbonyl (C=O) groups excluding carboxylic acids is 1. The molecule has 1 saturated carbocycles. The molecule has 2 aromatic rings. The van der Waals surface area contributed by atoms with E-state index in [0.29, 0.717) is 18.3 Å². The Kier molecular flexibility index (Phi) is 2.58. The number of rotatable bonds is 1. The zero-order valence-corrected chi connectivity index (χ0v) is 14.0.